The van der Waals surface area contributed by atoms with Gasteiger partial charge in [0.1, 0.15) is 5.69 Å². The SMILES string of the molecule is CCN(CC)S(=O)(=O)c1ccc(N/N=C/c2ccccc2C)c([N+](=O)[O-])c1. The van der Waals surface area contributed by atoms with E-state index in [1.165, 1.54) is 16.4 Å². The van der Waals surface area contributed by atoms with Crippen molar-refractivity contribution in [1.82, 2.24) is 4.31 Å². The number of hydrogen-bond donors (Lipinski definition) is 1. The highest BCUT2D eigenvalue weighted by Crippen LogP contribution is 2.29. The Labute approximate surface area is 158 Å². The summed E-state index contributed by atoms with van der Waals surface area (Å²) in [5.74, 6) is 0. The molecule has 0 fully saturated rings. The minimum atomic E-state index is -3.78. The maximum absolute atomic E-state index is 12.6. The van der Waals surface area contributed by atoms with Crippen molar-refractivity contribution in [2.24, 2.45) is 5.10 Å². The van der Waals surface area contributed by atoms with E-state index in [1.54, 1.807) is 20.1 Å². The largest absolute Gasteiger partial charge is 0.295 e. The molecule has 0 spiro atoms. The van der Waals surface area contributed by atoms with Crippen molar-refractivity contribution in [2.45, 2.75) is 25.7 Å². The predicted octanol–water partition coefficient (Wildman–Crippen LogP) is 3.38. The molecule has 8 nitrogen and oxygen atoms in total. The molecule has 0 amide bonds. The molecular weight excluding hydrogens is 368 g/mol. The first-order chi connectivity index (χ1) is 12.8. The van der Waals surface area contributed by atoms with Crippen LogP contribution in [0.5, 0.6) is 0 Å². The Hall–Kier alpha value is -2.78. The molecule has 2 rings (SSSR count). The summed E-state index contributed by atoms with van der Waals surface area (Å²) < 4.78 is 26.4. The van der Waals surface area contributed by atoms with Crippen LogP contribution in [0.15, 0.2) is 52.5 Å². The molecule has 1 N–H and O–H groups in total. The van der Waals surface area contributed by atoms with Gasteiger partial charge in [-0.1, -0.05) is 38.1 Å². The third-order valence-electron chi connectivity index (χ3n) is 4.09. The second-order valence-electron chi connectivity index (χ2n) is 5.75. The van der Waals surface area contributed by atoms with Crippen molar-refractivity contribution < 1.29 is 13.3 Å². The van der Waals surface area contributed by atoms with Crippen LogP contribution in [0.1, 0.15) is 25.0 Å². The molecule has 27 heavy (non-hydrogen) atoms. The monoisotopic (exact) mass is 390 g/mol. The van der Waals surface area contributed by atoms with Crippen molar-refractivity contribution in [3.63, 3.8) is 0 Å². The molecule has 0 aromatic heterocycles. The average Bonchev–Trinajstić information content (AvgIpc) is 2.64. The number of hydrazone groups is 1. The molecule has 0 aliphatic carbocycles. The summed E-state index contributed by atoms with van der Waals surface area (Å²) in [6.07, 6.45) is 1.56. The fourth-order valence-electron chi connectivity index (χ4n) is 2.53. The average molecular weight is 390 g/mol. The van der Waals surface area contributed by atoms with Gasteiger partial charge < -0.3 is 0 Å². The molecule has 2 aromatic rings. The van der Waals surface area contributed by atoms with Gasteiger partial charge in [0, 0.05) is 19.2 Å². The third kappa shape index (κ3) is 4.69. The number of rotatable bonds is 8. The van der Waals surface area contributed by atoms with Gasteiger partial charge >= 0.3 is 0 Å². The topological polar surface area (TPSA) is 105 Å². The van der Waals surface area contributed by atoms with Crippen LogP contribution in [0, 0.1) is 17.0 Å². The maximum atomic E-state index is 12.6. The minimum absolute atomic E-state index is 0.114. The smallest absolute Gasteiger partial charge is 0.272 e. The van der Waals surface area contributed by atoms with E-state index in [2.05, 4.69) is 10.5 Å². The van der Waals surface area contributed by atoms with Crippen LogP contribution >= 0.6 is 0 Å². The van der Waals surface area contributed by atoms with Gasteiger partial charge in [-0.2, -0.15) is 9.41 Å². The lowest BCUT2D eigenvalue weighted by Gasteiger charge is -2.18. The fraction of sp³-hybridized carbons (Fsp3) is 0.278. The summed E-state index contributed by atoms with van der Waals surface area (Å²) in [5.41, 5.74) is 4.26. The number of anilines is 1. The van der Waals surface area contributed by atoms with Crippen molar-refractivity contribution in [2.75, 3.05) is 18.5 Å². The number of nitrogens with one attached hydrogen (secondary N) is 1. The Bertz CT molecular complexity index is 954. The molecule has 0 radical (unpaired) electrons. The zero-order chi connectivity index (χ0) is 20.0. The number of nitro benzene ring substituents is 1. The number of nitrogens with zero attached hydrogens (tertiary/aromatic N) is 3. The first-order valence-electron chi connectivity index (χ1n) is 8.44. The minimum Gasteiger partial charge on any atom is -0.272 e. The number of sulfonamides is 1. The van der Waals surface area contributed by atoms with E-state index in [1.807, 2.05) is 31.2 Å². The van der Waals surface area contributed by atoms with E-state index in [0.717, 1.165) is 17.2 Å². The Morgan fingerprint density at radius 2 is 1.85 bits per heavy atom. The van der Waals surface area contributed by atoms with E-state index in [9.17, 15) is 18.5 Å². The number of benzene rings is 2. The van der Waals surface area contributed by atoms with Crippen molar-refractivity contribution in [3.8, 4) is 0 Å². The molecule has 0 saturated carbocycles. The number of aryl methyl sites for hydroxylation is 1. The highest BCUT2D eigenvalue weighted by Gasteiger charge is 2.25. The van der Waals surface area contributed by atoms with E-state index in [0.29, 0.717) is 0 Å². The van der Waals surface area contributed by atoms with Gasteiger partial charge in [-0.15, -0.1) is 0 Å². The van der Waals surface area contributed by atoms with E-state index in [4.69, 9.17) is 0 Å². The summed E-state index contributed by atoms with van der Waals surface area (Å²) in [4.78, 5) is 10.7. The predicted molar refractivity (Wildman–Crippen MR) is 106 cm³/mol. The maximum Gasteiger partial charge on any atom is 0.295 e. The van der Waals surface area contributed by atoms with Crippen LogP contribution in [-0.2, 0) is 10.0 Å². The first-order valence-corrected chi connectivity index (χ1v) is 9.88. The third-order valence-corrected chi connectivity index (χ3v) is 6.13. The van der Waals surface area contributed by atoms with Crippen LogP contribution in [0.4, 0.5) is 11.4 Å². The first kappa shape index (κ1) is 20.5. The van der Waals surface area contributed by atoms with E-state index < -0.39 is 14.9 Å². The molecule has 0 atom stereocenters. The van der Waals surface area contributed by atoms with Gasteiger partial charge in [-0.3, -0.25) is 15.5 Å². The van der Waals surface area contributed by atoms with Gasteiger partial charge in [0.25, 0.3) is 5.69 Å². The highest BCUT2D eigenvalue weighted by molar-refractivity contribution is 7.89. The summed E-state index contributed by atoms with van der Waals surface area (Å²) >= 11 is 0. The molecule has 0 heterocycles. The van der Waals surface area contributed by atoms with Crippen LogP contribution in [-0.4, -0.2) is 37.0 Å². The fourth-order valence-corrected chi connectivity index (χ4v) is 4.01. The lowest BCUT2D eigenvalue weighted by Crippen LogP contribution is -2.30. The lowest BCUT2D eigenvalue weighted by atomic mass is 10.1. The zero-order valence-electron chi connectivity index (χ0n) is 15.4. The Morgan fingerprint density at radius 1 is 1.19 bits per heavy atom. The number of hydrogen-bond acceptors (Lipinski definition) is 6. The molecule has 0 bridgehead atoms. The molecule has 9 heteroatoms. The normalized spacial score (nSPS) is 11.9. The zero-order valence-corrected chi connectivity index (χ0v) is 16.2. The van der Waals surface area contributed by atoms with Gasteiger partial charge in [-0.25, -0.2) is 8.42 Å². The summed E-state index contributed by atoms with van der Waals surface area (Å²) in [7, 11) is -3.78. The summed E-state index contributed by atoms with van der Waals surface area (Å²) in [6, 6.07) is 11.3. The Kier molecular flexibility index (Phi) is 6.65. The van der Waals surface area contributed by atoms with Crippen molar-refractivity contribution >= 4 is 27.6 Å². The van der Waals surface area contributed by atoms with Gasteiger partial charge in [-0.05, 0) is 30.2 Å². The van der Waals surface area contributed by atoms with E-state index >= 15 is 0 Å². The van der Waals surface area contributed by atoms with E-state index in [-0.39, 0.29) is 29.4 Å². The molecular formula is C18H22N4O4S. The van der Waals surface area contributed by atoms with Gasteiger partial charge in [0.2, 0.25) is 10.0 Å². The Balaban J connectivity index is 2.34. The molecule has 2 aromatic carbocycles. The highest BCUT2D eigenvalue weighted by atomic mass is 32.2. The quantitative estimate of drug-likeness (QED) is 0.423. The lowest BCUT2D eigenvalue weighted by molar-refractivity contribution is -0.384. The second kappa shape index (κ2) is 8.74. The number of nitro groups is 1. The standard InChI is InChI=1S/C18H22N4O4S/c1-4-21(5-2)27(25,26)16-10-11-17(18(12-16)22(23)24)20-19-13-15-9-7-6-8-14(15)3/h6-13,20H,4-5H2,1-3H3/b19-13+. The van der Waals surface area contributed by atoms with Crippen LogP contribution in [0.2, 0.25) is 0 Å². The Morgan fingerprint density at radius 3 is 2.44 bits per heavy atom. The summed E-state index contributed by atoms with van der Waals surface area (Å²) in [5, 5.41) is 15.4. The van der Waals surface area contributed by atoms with Crippen LogP contribution < -0.4 is 5.43 Å². The van der Waals surface area contributed by atoms with Crippen molar-refractivity contribution in [3.05, 3.63) is 63.7 Å². The van der Waals surface area contributed by atoms with Gasteiger partial charge in [0.05, 0.1) is 16.0 Å². The van der Waals surface area contributed by atoms with Crippen LogP contribution in [0.3, 0.4) is 0 Å². The van der Waals surface area contributed by atoms with Crippen molar-refractivity contribution in [1.29, 1.82) is 0 Å². The van der Waals surface area contributed by atoms with Gasteiger partial charge in [0.15, 0.2) is 0 Å². The summed E-state index contributed by atoms with van der Waals surface area (Å²) in [6.45, 7) is 5.93. The van der Waals surface area contributed by atoms with Crippen LogP contribution in [0.25, 0.3) is 0 Å². The second-order valence-corrected chi connectivity index (χ2v) is 7.69. The molecule has 0 saturated heterocycles. The molecule has 0 unspecified atom stereocenters. The molecule has 144 valence electrons. The molecule has 0 aliphatic rings. The molecule has 0 aliphatic heterocycles.